The Morgan fingerprint density at radius 3 is 2.08 bits per heavy atom. The lowest BCUT2D eigenvalue weighted by Crippen LogP contribution is -1.89. The molecule has 0 aliphatic heterocycles. The van der Waals surface area contributed by atoms with Crippen LogP contribution in [0.1, 0.15) is 0 Å². The van der Waals surface area contributed by atoms with Crippen LogP contribution in [0.4, 0.5) is 0 Å². The van der Waals surface area contributed by atoms with Gasteiger partial charge in [0.15, 0.2) is 0 Å². The Labute approximate surface area is 228 Å². The molecule has 0 radical (unpaired) electrons. The van der Waals surface area contributed by atoms with Crippen LogP contribution in [0.2, 0.25) is 0 Å². The zero-order valence-corrected chi connectivity index (χ0v) is 21.3. The van der Waals surface area contributed by atoms with Gasteiger partial charge < -0.3 is 8.83 Å². The van der Waals surface area contributed by atoms with Gasteiger partial charge in [-0.05, 0) is 53.6 Å². The molecule has 0 aliphatic carbocycles. The SMILES string of the molecule is c1cc(-c2ccc3oc4cc5oc6ccccc6c5cc4c3c2)cc(-c2ccc3ccc4cccnc4c3n2)c1. The third-order valence-corrected chi connectivity index (χ3v) is 7.89. The topological polar surface area (TPSA) is 52.1 Å². The molecule has 4 nitrogen and oxygen atoms in total. The molecule has 40 heavy (non-hydrogen) atoms. The third kappa shape index (κ3) is 3.13. The molecule has 9 aromatic rings. The van der Waals surface area contributed by atoms with E-state index in [0.717, 1.165) is 88.1 Å². The van der Waals surface area contributed by atoms with Crippen molar-refractivity contribution in [1.82, 2.24) is 9.97 Å². The third-order valence-electron chi connectivity index (χ3n) is 7.89. The number of fused-ring (bicyclic) bond motifs is 9. The average molecular weight is 513 g/mol. The number of furan rings is 2. The zero-order chi connectivity index (χ0) is 26.2. The molecule has 0 bridgehead atoms. The summed E-state index contributed by atoms with van der Waals surface area (Å²) < 4.78 is 12.3. The summed E-state index contributed by atoms with van der Waals surface area (Å²) in [5.74, 6) is 0. The van der Waals surface area contributed by atoms with Crippen molar-refractivity contribution in [2.75, 3.05) is 0 Å². The van der Waals surface area contributed by atoms with Crippen LogP contribution in [-0.4, -0.2) is 9.97 Å². The molecule has 0 N–H and O–H groups in total. The van der Waals surface area contributed by atoms with E-state index >= 15 is 0 Å². The fraction of sp³-hybridized carbons (Fsp3) is 0. The van der Waals surface area contributed by atoms with Gasteiger partial charge in [-0.15, -0.1) is 0 Å². The maximum Gasteiger partial charge on any atom is 0.139 e. The Hall–Kier alpha value is -5.48. The van der Waals surface area contributed by atoms with Crippen molar-refractivity contribution in [2.45, 2.75) is 0 Å². The summed E-state index contributed by atoms with van der Waals surface area (Å²) in [6, 6.07) is 39.8. The van der Waals surface area contributed by atoms with E-state index in [1.807, 2.05) is 36.5 Å². The molecule has 0 unspecified atom stereocenters. The summed E-state index contributed by atoms with van der Waals surface area (Å²) in [4.78, 5) is 9.67. The summed E-state index contributed by atoms with van der Waals surface area (Å²) in [6.07, 6.45) is 1.83. The van der Waals surface area contributed by atoms with Crippen LogP contribution >= 0.6 is 0 Å². The molecule has 4 aromatic heterocycles. The normalized spacial score (nSPS) is 12.0. The summed E-state index contributed by atoms with van der Waals surface area (Å²) in [5, 5.41) is 6.57. The van der Waals surface area contributed by atoms with Crippen molar-refractivity contribution in [2.24, 2.45) is 0 Å². The highest BCUT2D eigenvalue weighted by Gasteiger charge is 2.14. The Morgan fingerprint density at radius 1 is 0.425 bits per heavy atom. The lowest BCUT2D eigenvalue weighted by atomic mass is 9.99. The summed E-state index contributed by atoms with van der Waals surface area (Å²) >= 11 is 0. The number of benzene rings is 5. The van der Waals surface area contributed by atoms with Crippen LogP contribution in [0.15, 0.2) is 130 Å². The second-order valence-electron chi connectivity index (χ2n) is 10.2. The summed E-state index contributed by atoms with van der Waals surface area (Å²) in [7, 11) is 0. The fourth-order valence-corrected chi connectivity index (χ4v) is 5.92. The molecule has 186 valence electrons. The minimum Gasteiger partial charge on any atom is -0.456 e. The molecule has 0 saturated carbocycles. The predicted molar refractivity (Wildman–Crippen MR) is 162 cm³/mol. The maximum atomic E-state index is 6.24. The first-order valence-corrected chi connectivity index (χ1v) is 13.3. The van der Waals surface area contributed by atoms with Crippen molar-refractivity contribution in [3.63, 3.8) is 0 Å². The quantitative estimate of drug-likeness (QED) is 0.216. The van der Waals surface area contributed by atoms with E-state index in [4.69, 9.17) is 13.8 Å². The van der Waals surface area contributed by atoms with Gasteiger partial charge in [-0.25, -0.2) is 4.98 Å². The molecule has 0 atom stereocenters. The summed E-state index contributed by atoms with van der Waals surface area (Å²) in [5.41, 5.74) is 9.51. The van der Waals surface area contributed by atoms with E-state index in [1.165, 1.54) is 0 Å². The van der Waals surface area contributed by atoms with Crippen molar-refractivity contribution in [3.05, 3.63) is 121 Å². The molecule has 4 heterocycles. The Morgan fingerprint density at radius 2 is 1.15 bits per heavy atom. The number of hydrogen-bond acceptors (Lipinski definition) is 4. The number of hydrogen-bond donors (Lipinski definition) is 0. The number of nitrogens with zero attached hydrogens (tertiary/aromatic N) is 2. The Balaban J connectivity index is 1.19. The number of rotatable bonds is 2. The number of pyridine rings is 2. The fourth-order valence-electron chi connectivity index (χ4n) is 5.92. The van der Waals surface area contributed by atoms with Gasteiger partial charge in [0.2, 0.25) is 0 Å². The number of aromatic nitrogens is 2. The van der Waals surface area contributed by atoms with E-state index < -0.39 is 0 Å². The standard InChI is InChI=1S/C36H20N2O2/c1-2-9-31-26(8-1)28-19-29-27-18-24(13-15-32(27)40-34(29)20-33(28)39-31)23-5-3-6-25(17-23)30-14-12-22-11-10-21-7-4-16-37-35(21)36(22)38-30/h1-20H. The molecular weight excluding hydrogens is 492 g/mol. The molecule has 0 aliphatic rings. The van der Waals surface area contributed by atoms with Crippen LogP contribution in [-0.2, 0) is 0 Å². The van der Waals surface area contributed by atoms with Gasteiger partial charge in [0.05, 0.1) is 16.7 Å². The van der Waals surface area contributed by atoms with Gasteiger partial charge in [0, 0.05) is 50.1 Å². The smallest absolute Gasteiger partial charge is 0.139 e. The molecular formula is C36H20N2O2. The van der Waals surface area contributed by atoms with Crippen LogP contribution in [0.3, 0.4) is 0 Å². The van der Waals surface area contributed by atoms with Gasteiger partial charge in [0.25, 0.3) is 0 Å². The second-order valence-corrected chi connectivity index (χ2v) is 10.2. The van der Waals surface area contributed by atoms with E-state index in [2.05, 4.69) is 89.9 Å². The Bertz CT molecular complexity index is 2450. The minimum atomic E-state index is 0.827. The van der Waals surface area contributed by atoms with Crippen LogP contribution in [0, 0.1) is 0 Å². The predicted octanol–water partition coefficient (Wildman–Crippen LogP) is 9.92. The molecule has 0 saturated heterocycles. The second kappa shape index (κ2) is 8.01. The van der Waals surface area contributed by atoms with Gasteiger partial charge in [-0.3, -0.25) is 4.98 Å². The monoisotopic (exact) mass is 512 g/mol. The first-order valence-electron chi connectivity index (χ1n) is 13.3. The van der Waals surface area contributed by atoms with Crippen molar-refractivity contribution >= 4 is 65.7 Å². The van der Waals surface area contributed by atoms with Gasteiger partial charge in [-0.2, -0.15) is 0 Å². The molecule has 4 heteroatoms. The molecule has 0 fully saturated rings. The minimum absolute atomic E-state index is 0.827. The van der Waals surface area contributed by atoms with Gasteiger partial charge in [-0.1, -0.05) is 66.7 Å². The zero-order valence-electron chi connectivity index (χ0n) is 21.3. The highest BCUT2D eigenvalue weighted by Crippen LogP contribution is 2.38. The molecule has 5 aromatic carbocycles. The molecule has 0 amide bonds. The highest BCUT2D eigenvalue weighted by molar-refractivity contribution is 6.15. The van der Waals surface area contributed by atoms with Gasteiger partial charge in [0.1, 0.15) is 22.3 Å². The molecule has 0 spiro atoms. The first-order chi connectivity index (χ1) is 19.8. The van der Waals surface area contributed by atoms with E-state index in [1.54, 1.807) is 0 Å². The lowest BCUT2D eigenvalue weighted by molar-refractivity contribution is 0.656. The van der Waals surface area contributed by atoms with Crippen molar-refractivity contribution in [3.8, 4) is 22.4 Å². The van der Waals surface area contributed by atoms with E-state index in [-0.39, 0.29) is 0 Å². The largest absolute Gasteiger partial charge is 0.456 e. The Kier molecular flexibility index (Phi) is 4.30. The van der Waals surface area contributed by atoms with E-state index in [9.17, 15) is 0 Å². The maximum absolute atomic E-state index is 6.24. The van der Waals surface area contributed by atoms with E-state index in [0.29, 0.717) is 0 Å². The van der Waals surface area contributed by atoms with Crippen molar-refractivity contribution in [1.29, 1.82) is 0 Å². The highest BCUT2D eigenvalue weighted by atomic mass is 16.3. The van der Waals surface area contributed by atoms with Crippen LogP contribution < -0.4 is 0 Å². The first kappa shape index (κ1) is 21.5. The summed E-state index contributed by atoms with van der Waals surface area (Å²) in [6.45, 7) is 0. The molecule has 9 rings (SSSR count). The lowest BCUT2D eigenvalue weighted by Gasteiger charge is -2.08. The van der Waals surface area contributed by atoms with Gasteiger partial charge >= 0.3 is 0 Å². The van der Waals surface area contributed by atoms with Crippen molar-refractivity contribution < 1.29 is 8.83 Å². The number of para-hydroxylation sites is 1. The van der Waals surface area contributed by atoms with Crippen LogP contribution in [0.5, 0.6) is 0 Å². The average Bonchev–Trinajstić information content (AvgIpc) is 3.56. The van der Waals surface area contributed by atoms with Crippen LogP contribution in [0.25, 0.3) is 88.1 Å².